The van der Waals surface area contributed by atoms with Gasteiger partial charge in [-0.3, -0.25) is 0 Å². The lowest BCUT2D eigenvalue weighted by molar-refractivity contribution is 0.423. The number of imidazole rings is 1. The van der Waals surface area contributed by atoms with E-state index < -0.39 is 0 Å². The van der Waals surface area contributed by atoms with Crippen LogP contribution in [-0.4, -0.2) is 21.6 Å². The summed E-state index contributed by atoms with van der Waals surface area (Å²) in [5.74, 6) is 0.851. The Labute approximate surface area is 139 Å². The second-order valence-electron chi connectivity index (χ2n) is 5.80. The fraction of sp³-hybridized carbons (Fsp3) is 0.158. The molecule has 0 aliphatic carbocycles. The molecule has 3 heterocycles. The molecule has 24 heavy (non-hydrogen) atoms. The molecule has 0 saturated heterocycles. The summed E-state index contributed by atoms with van der Waals surface area (Å²) in [4.78, 5) is 4.66. The minimum atomic E-state index is 0.172. The van der Waals surface area contributed by atoms with E-state index in [1.807, 2.05) is 48.1 Å². The SMILES string of the molecule is CNc1cc(C(C)c2ccc(-c3cn4ccccc4n3)cc2)no1. The summed E-state index contributed by atoms with van der Waals surface area (Å²) in [5.41, 5.74) is 5.13. The smallest absolute Gasteiger partial charge is 0.224 e. The zero-order chi connectivity index (χ0) is 16.5. The molecule has 3 aromatic heterocycles. The van der Waals surface area contributed by atoms with Crippen molar-refractivity contribution in [2.45, 2.75) is 12.8 Å². The van der Waals surface area contributed by atoms with E-state index in [9.17, 15) is 0 Å². The second kappa shape index (κ2) is 5.85. The van der Waals surface area contributed by atoms with E-state index in [1.54, 1.807) is 0 Å². The maximum absolute atomic E-state index is 5.21. The van der Waals surface area contributed by atoms with Crippen molar-refractivity contribution in [3.8, 4) is 11.3 Å². The molecule has 0 amide bonds. The molecule has 5 nitrogen and oxygen atoms in total. The van der Waals surface area contributed by atoms with Gasteiger partial charge in [0.1, 0.15) is 5.65 Å². The van der Waals surface area contributed by atoms with Crippen molar-refractivity contribution in [3.63, 3.8) is 0 Å². The summed E-state index contributed by atoms with van der Waals surface area (Å²) in [5, 5.41) is 7.08. The van der Waals surface area contributed by atoms with Crippen molar-refractivity contribution < 1.29 is 4.52 Å². The van der Waals surface area contributed by atoms with Crippen LogP contribution in [0.4, 0.5) is 5.88 Å². The largest absolute Gasteiger partial charge is 0.357 e. The number of anilines is 1. The first-order chi connectivity index (χ1) is 11.7. The molecule has 5 heteroatoms. The Balaban J connectivity index is 1.62. The lowest BCUT2D eigenvalue weighted by atomic mass is 9.96. The van der Waals surface area contributed by atoms with Crippen LogP contribution in [0.1, 0.15) is 24.1 Å². The number of pyridine rings is 1. The van der Waals surface area contributed by atoms with Crippen LogP contribution < -0.4 is 5.32 Å². The summed E-state index contributed by atoms with van der Waals surface area (Å²) in [6, 6.07) is 16.4. The van der Waals surface area contributed by atoms with Gasteiger partial charge in [0.15, 0.2) is 0 Å². The van der Waals surface area contributed by atoms with E-state index in [2.05, 4.69) is 46.6 Å². The number of nitrogens with zero attached hydrogens (tertiary/aromatic N) is 3. The molecule has 0 bridgehead atoms. The lowest BCUT2D eigenvalue weighted by Crippen LogP contribution is -1.96. The van der Waals surface area contributed by atoms with Gasteiger partial charge in [-0.25, -0.2) is 4.98 Å². The van der Waals surface area contributed by atoms with Crippen LogP contribution in [0.2, 0.25) is 0 Å². The van der Waals surface area contributed by atoms with Crippen molar-refractivity contribution >= 4 is 11.5 Å². The second-order valence-corrected chi connectivity index (χ2v) is 5.80. The first-order valence-corrected chi connectivity index (χ1v) is 7.93. The molecule has 1 aromatic carbocycles. The van der Waals surface area contributed by atoms with Crippen LogP contribution in [-0.2, 0) is 0 Å². The third kappa shape index (κ3) is 2.54. The Hall–Kier alpha value is -3.08. The number of nitrogens with one attached hydrogen (secondary N) is 1. The number of hydrogen-bond donors (Lipinski definition) is 1. The highest BCUT2D eigenvalue weighted by Crippen LogP contribution is 2.27. The maximum atomic E-state index is 5.21. The summed E-state index contributed by atoms with van der Waals surface area (Å²) in [7, 11) is 1.82. The highest BCUT2D eigenvalue weighted by atomic mass is 16.5. The predicted octanol–water partition coefficient (Wildman–Crippen LogP) is 4.18. The van der Waals surface area contributed by atoms with Gasteiger partial charge >= 0.3 is 0 Å². The molecule has 0 saturated carbocycles. The van der Waals surface area contributed by atoms with Gasteiger partial charge in [-0.1, -0.05) is 42.4 Å². The number of rotatable bonds is 4. The Morgan fingerprint density at radius 1 is 1.12 bits per heavy atom. The Morgan fingerprint density at radius 3 is 2.67 bits per heavy atom. The quantitative estimate of drug-likeness (QED) is 0.613. The molecule has 0 spiro atoms. The molecule has 4 rings (SSSR count). The average Bonchev–Trinajstić information content (AvgIpc) is 3.28. The number of fused-ring (bicyclic) bond motifs is 1. The predicted molar refractivity (Wildman–Crippen MR) is 94.2 cm³/mol. The molecule has 1 N–H and O–H groups in total. The van der Waals surface area contributed by atoms with E-state index in [1.165, 1.54) is 5.56 Å². The van der Waals surface area contributed by atoms with Gasteiger partial charge in [-0.05, 0) is 17.7 Å². The van der Waals surface area contributed by atoms with Gasteiger partial charge in [0.25, 0.3) is 0 Å². The third-order valence-electron chi connectivity index (χ3n) is 4.29. The van der Waals surface area contributed by atoms with Crippen molar-refractivity contribution in [2.75, 3.05) is 12.4 Å². The van der Waals surface area contributed by atoms with Gasteiger partial charge in [-0.15, -0.1) is 0 Å². The highest BCUT2D eigenvalue weighted by Gasteiger charge is 2.14. The van der Waals surface area contributed by atoms with E-state index in [4.69, 9.17) is 4.52 Å². The monoisotopic (exact) mass is 318 g/mol. The molecule has 4 aromatic rings. The molecule has 1 unspecified atom stereocenters. The number of hydrogen-bond acceptors (Lipinski definition) is 4. The standard InChI is InChI=1S/C19H18N4O/c1-13(16-11-19(20-2)24-22-16)14-6-8-15(9-7-14)17-12-23-10-4-3-5-18(23)21-17/h3-13,20H,1-2H3. The van der Waals surface area contributed by atoms with Gasteiger partial charge in [0, 0.05) is 37.0 Å². The Morgan fingerprint density at radius 2 is 1.96 bits per heavy atom. The molecule has 0 radical (unpaired) electrons. The molecule has 0 aliphatic rings. The van der Waals surface area contributed by atoms with E-state index >= 15 is 0 Å². The maximum Gasteiger partial charge on any atom is 0.224 e. The zero-order valence-corrected chi connectivity index (χ0v) is 13.6. The molecular formula is C19H18N4O. The van der Waals surface area contributed by atoms with Crippen LogP contribution in [0.3, 0.4) is 0 Å². The van der Waals surface area contributed by atoms with Gasteiger partial charge in [0.2, 0.25) is 5.88 Å². The van der Waals surface area contributed by atoms with Crippen LogP contribution >= 0.6 is 0 Å². The lowest BCUT2D eigenvalue weighted by Gasteiger charge is -2.08. The summed E-state index contributed by atoms with van der Waals surface area (Å²) >= 11 is 0. The Kier molecular flexibility index (Phi) is 3.54. The van der Waals surface area contributed by atoms with Gasteiger partial charge < -0.3 is 14.2 Å². The fourth-order valence-electron chi connectivity index (χ4n) is 2.80. The van der Waals surface area contributed by atoms with Gasteiger partial charge in [-0.2, -0.15) is 0 Å². The Bertz CT molecular complexity index is 935. The normalized spacial score (nSPS) is 12.4. The molecule has 1 atom stereocenters. The molecule has 120 valence electrons. The van der Waals surface area contributed by atoms with Crippen LogP contribution in [0, 0.1) is 0 Å². The summed E-state index contributed by atoms with van der Waals surface area (Å²) in [6.45, 7) is 2.12. The van der Waals surface area contributed by atoms with Crippen molar-refractivity contribution in [2.24, 2.45) is 0 Å². The zero-order valence-electron chi connectivity index (χ0n) is 13.6. The molecule has 0 aliphatic heterocycles. The van der Waals surface area contributed by atoms with Crippen molar-refractivity contribution in [1.29, 1.82) is 0 Å². The topological polar surface area (TPSA) is 55.4 Å². The van der Waals surface area contributed by atoms with Gasteiger partial charge in [0.05, 0.1) is 11.4 Å². The molecule has 0 fully saturated rings. The minimum absolute atomic E-state index is 0.172. The van der Waals surface area contributed by atoms with Crippen LogP contribution in [0.15, 0.2) is 65.4 Å². The first-order valence-electron chi connectivity index (χ1n) is 7.93. The molecular weight excluding hydrogens is 300 g/mol. The highest BCUT2D eigenvalue weighted by molar-refractivity contribution is 5.63. The van der Waals surface area contributed by atoms with Crippen molar-refractivity contribution in [1.82, 2.24) is 14.5 Å². The number of aromatic nitrogens is 3. The van der Waals surface area contributed by atoms with E-state index in [0.717, 1.165) is 22.6 Å². The summed E-state index contributed by atoms with van der Waals surface area (Å²) in [6.07, 6.45) is 4.05. The summed E-state index contributed by atoms with van der Waals surface area (Å²) < 4.78 is 7.24. The van der Waals surface area contributed by atoms with Crippen molar-refractivity contribution in [3.05, 3.63) is 72.2 Å². The minimum Gasteiger partial charge on any atom is -0.357 e. The van der Waals surface area contributed by atoms with E-state index in [0.29, 0.717) is 5.88 Å². The van der Waals surface area contributed by atoms with Crippen LogP contribution in [0.5, 0.6) is 0 Å². The van der Waals surface area contributed by atoms with E-state index in [-0.39, 0.29) is 5.92 Å². The number of benzene rings is 1. The first kappa shape index (κ1) is 14.5. The fourth-order valence-corrected chi connectivity index (χ4v) is 2.80. The van der Waals surface area contributed by atoms with Crippen LogP contribution in [0.25, 0.3) is 16.9 Å². The average molecular weight is 318 g/mol. The third-order valence-corrected chi connectivity index (χ3v) is 4.29.